The van der Waals surface area contributed by atoms with E-state index < -0.39 is 20.0 Å². The minimum absolute atomic E-state index is 0.180. The molecule has 1 heterocycles. The largest absolute Gasteiger partial charge is 0.341 e. The van der Waals surface area contributed by atoms with Crippen molar-refractivity contribution in [2.24, 2.45) is 5.14 Å². The summed E-state index contributed by atoms with van der Waals surface area (Å²) in [5.41, 5.74) is 2.47. The van der Waals surface area contributed by atoms with Crippen LogP contribution in [0.15, 0.2) is 76.5 Å². The van der Waals surface area contributed by atoms with Gasteiger partial charge in [0.05, 0.1) is 9.79 Å². The number of nitrogens with zero attached hydrogens (tertiary/aromatic N) is 1. The molecule has 0 fully saturated rings. The van der Waals surface area contributed by atoms with Gasteiger partial charge in [0.2, 0.25) is 10.0 Å². The van der Waals surface area contributed by atoms with Gasteiger partial charge in [-0.1, -0.05) is 24.3 Å². The molecule has 150 valence electrons. The van der Waals surface area contributed by atoms with Gasteiger partial charge in [0.1, 0.15) is 0 Å². The van der Waals surface area contributed by atoms with Crippen LogP contribution in [0.3, 0.4) is 0 Å². The fraction of sp³-hybridized carbons (Fsp3) is 0.100. The zero-order chi connectivity index (χ0) is 20.8. The lowest BCUT2D eigenvalue weighted by Crippen LogP contribution is -2.16. The third-order valence-electron chi connectivity index (χ3n) is 4.79. The average Bonchev–Trinajstić information content (AvgIpc) is 3.00. The molecule has 1 aromatic heterocycles. The summed E-state index contributed by atoms with van der Waals surface area (Å²) in [6.07, 6.45) is 0. The summed E-state index contributed by atoms with van der Waals surface area (Å²) in [6.45, 7) is 2.84. The van der Waals surface area contributed by atoms with Gasteiger partial charge < -0.3 is 4.57 Å². The number of nitrogens with one attached hydrogen (secondary N) is 1. The Hall–Kier alpha value is -2.88. The fourth-order valence-corrected chi connectivity index (χ4v) is 5.22. The molecule has 0 aliphatic carbocycles. The van der Waals surface area contributed by atoms with Gasteiger partial charge in [0.15, 0.2) is 0 Å². The van der Waals surface area contributed by atoms with Crippen LogP contribution in [0.1, 0.15) is 6.92 Å². The normalized spacial score (nSPS) is 12.5. The van der Waals surface area contributed by atoms with Crippen molar-refractivity contribution in [1.82, 2.24) is 4.57 Å². The molecule has 0 unspecified atom stereocenters. The average molecular weight is 430 g/mol. The standard InChI is InChI=1S/C20H19N3O4S2/c1-2-23-19-9-4-3-8-17(19)18-12-14(10-11-20(18)23)22-29(26,27)16-7-5-6-15(13-16)28(21,24)25/h3-13,22H,2H2,1H3,(H2,21,24,25). The molecule has 0 aliphatic rings. The molecule has 0 radical (unpaired) electrons. The Balaban J connectivity index is 1.79. The maximum Gasteiger partial charge on any atom is 0.261 e. The first-order valence-corrected chi connectivity index (χ1v) is 11.9. The number of fused-ring (bicyclic) bond motifs is 3. The van der Waals surface area contributed by atoms with Gasteiger partial charge >= 0.3 is 0 Å². The number of aryl methyl sites for hydroxylation is 1. The number of aromatic nitrogens is 1. The molecular formula is C20H19N3O4S2. The van der Waals surface area contributed by atoms with Crippen molar-refractivity contribution in [3.8, 4) is 0 Å². The van der Waals surface area contributed by atoms with Crippen molar-refractivity contribution in [1.29, 1.82) is 0 Å². The Labute approximate surface area is 168 Å². The molecule has 0 saturated carbocycles. The number of hydrogen-bond acceptors (Lipinski definition) is 4. The van der Waals surface area contributed by atoms with E-state index in [2.05, 4.69) is 16.2 Å². The van der Waals surface area contributed by atoms with Crippen molar-refractivity contribution in [2.45, 2.75) is 23.3 Å². The maximum absolute atomic E-state index is 12.8. The van der Waals surface area contributed by atoms with Crippen LogP contribution in [0.2, 0.25) is 0 Å². The third kappa shape index (κ3) is 3.48. The molecule has 0 bridgehead atoms. The Kier molecular flexibility index (Phi) is 4.60. The van der Waals surface area contributed by atoms with Crippen LogP contribution in [-0.4, -0.2) is 21.4 Å². The van der Waals surface area contributed by atoms with Crippen LogP contribution in [0, 0.1) is 0 Å². The molecule has 7 nitrogen and oxygen atoms in total. The number of anilines is 1. The van der Waals surface area contributed by atoms with E-state index in [1.165, 1.54) is 18.2 Å². The second-order valence-corrected chi connectivity index (χ2v) is 9.86. The van der Waals surface area contributed by atoms with E-state index in [9.17, 15) is 16.8 Å². The lowest BCUT2D eigenvalue weighted by molar-refractivity contribution is 0.597. The lowest BCUT2D eigenvalue weighted by Gasteiger charge is -2.10. The zero-order valence-corrected chi connectivity index (χ0v) is 17.2. The first kappa shape index (κ1) is 19.4. The highest BCUT2D eigenvalue weighted by Crippen LogP contribution is 2.31. The van der Waals surface area contributed by atoms with E-state index in [1.807, 2.05) is 30.3 Å². The van der Waals surface area contributed by atoms with Crippen molar-refractivity contribution < 1.29 is 16.8 Å². The lowest BCUT2D eigenvalue weighted by atomic mass is 10.1. The summed E-state index contributed by atoms with van der Waals surface area (Å²) in [5.74, 6) is 0. The van der Waals surface area contributed by atoms with Gasteiger partial charge in [-0.15, -0.1) is 0 Å². The van der Waals surface area contributed by atoms with Crippen LogP contribution in [0.4, 0.5) is 5.69 Å². The van der Waals surface area contributed by atoms with Crippen molar-refractivity contribution in [3.63, 3.8) is 0 Å². The number of para-hydroxylation sites is 1. The molecule has 3 aromatic carbocycles. The van der Waals surface area contributed by atoms with Crippen molar-refractivity contribution >= 4 is 47.5 Å². The molecular weight excluding hydrogens is 410 g/mol. The van der Waals surface area contributed by atoms with Gasteiger partial charge in [-0.3, -0.25) is 4.72 Å². The number of benzene rings is 3. The van der Waals surface area contributed by atoms with Gasteiger partial charge in [0, 0.05) is 34.0 Å². The Morgan fingerprint density at radius 2 is 1.52 bits per heavy atom. The summed E-state index contributed by atoms with van der Waals surface area (Å²) >= 11 is 0. The Morgan fingerprint density at radius 3 is 2.24 bits per heavy atom. The fourth-order valence-electron chi connectivity index (χ4n) is 3.49. The van der Waals surface area contributed by atoms with Gasteiger partial charge in [-0.25, -0.2) is 22.0 Å². The van der Waals surface area contributed by atoms with Crippen LogP contribution in [0.5, 0.6) is 0 Å². The second-order valence-electron chi connectivity index (χ2n) is 6.62. The minimum atomic E-state index is -4.01. The molecule has 29 heavy (non-hydrogen) atoms. The summed E-state index contributed by atoms with van der Waals surface area (Å²) in [5, 5.41) is 7.07. The monoisotopic (exact) mass is 429 g/mol. The summed E-state index contributed by atoms with van der Waals surface area (Å²) < 4.78 is 53.3. The Bertz CT molecular complexity index is 1460. The highest BCUT2D eigenvalue weighted by molar-refractivity contribution is 7.93. The first-order chi connectivity index (χ1) is 13.7. The third-order valence-corrected chi connectivity index (χ3v) is 7.08. The number of sulfonamides is 2. The molecule has 0 aliphatic heterocycles. The van der Waals surface area contributed by atoms with E-state index in [0.29, 0.717) is 5.69 Å². The Morgan fingerprint density at radius 1 is 0.828 bits per heavy atom. The van der Waals surface area contributed by atoms with E-state index in [1.54, 1.807) is 12.1 Å². The quantitative estimate of drug-likeness (QED) is 0.507. The summed E-state index contributed by atoms with van der Waals surface area (Å²) in [6, 6.07) is 18.2. The topological polar surface area (TPSA) is 111 Å². The molecule has 0 saturated heterocycles. The molecule has 3 N–H and O–H groups in total. The summed E-state index contributed by atoms with van der Waals surface area (Å²) in [4.78, 5) is -0.443. The summed E-state index contributed by atoms with van der Waals surface area (Å²) in [7, 11) is -8.00. The number of primary sulfonamides is 1. The SMILES string of the molecule is CCn1c2ccccc2c2cc(NS(=O)(=O)c3cccc(S(N)(=O)=O)c3)ccc21. The first-order valence-electron chi connectivity index (χ1n) is 8.87. The highest BCUT2D eigenvalue weighted by atomic mass is 32.2. The predicted octanol–water partition coefficient (Wildman–Crippen LogP) is 3.26. The number of rotatable bonds is 5. The molecule has 0 spiro atoms. The number of hydrogen-bond donors (Lipinski definition) is 2. The predicted molar refractivity (Wildman–Crippen MR) is 114 cm³/mol. The highest BCUT2D eigenvalue weighted by Gasteiger charge is 2.18. The van der Waals surface area contributed by atoms with Crippen LogP contribution in [-0.2, 0) is 26.6 Å². The van der Waals surface area contributed by atoms with Crippen LogP contribution in [0.25, 0.3) is 21.8 Å². The maximum atomic E-state index is 12.8. The minimum Gasteiger partial charge on any atom is -0.341 e. The van der Waals surface area contributed by atoms with Gasteiger partial charge in [-0.05, 0) is 49.4 Å². The van der Waals surface area contributed by atoms with Gasteiger partial charge in [-0.2, -0.15) is 0 Å². The van der Waals surface area contributed by atoms with Gasteiger partial charge in [0.25, 0.3) is 10.0 Å². The van der Waals surface area contributed by atoms with E-state index in [0.717, 1.165) is 34.4 Å². The molecule has 4 aromatic rings. The van der Waals surface area contributed by atoms with Crippen molar-refractivity contribution in [2.75, 3.05) is 4.72 Å². The van der Waals surface area contributed by atoms with Crippen molar-refractivity contribution in [3.05, 3.63) is 66.7 Å². The molecule has 0 atom stereocenters. The second kappa shape index (κ2) is 6.87. The molecule has 9 heteroatoms. The number of nitrogens with two attached hydrogens (primary N) is 1. The molecule has 0 amide bonds. The van der Waals surface area contributed by atoms with E-state index in [4.69, 9.17) is 5.14 Å². The molecule has 4 rings (SSSR count). The van der Waals surface area contributed by atoms with E-state index in [-0.39, 0.29) is 9.79 Å². The van der Waals surface area contributed by atoms with E-state index >= 15 is 0 Å². The zero-order valence-electron chi connectivity index (χ0n) is 15.5. The smallest absolute Gasteiger partial charge is 0.261 e. The van der Waals surface area contributed by atoms with Crippen LogP contribution >= 0.6 is 0 Å². The van der Waals surface area contributed by atoms with Crippen LogP contribution < -0.4 is 9.86 Å².